The average molecular weight is 291 g/mol. The maximum Gasteiger partial charge on any atom is 0.251 e. The molecule has 0 aliphatic carbocycles. The number of fused-ring (bicyclic) bond motifs is 1. The summed E-state index contributed by atoms with van der Waals surface area (Å²) in [7, 11) is 0. The Morgan fingerprint density at radius 2 is 2.35 bits per heavy atom. The van der Waals surface area contributed by atoms with Gasteiger partial charge in [-0.25, -0.2) is 4.98 Å². The Morgan fingerprint density at radius 1 is 1.50 bits per heavy atom. The van der Waals surface area contributed by atoms with Crippen LogP contribution in [0.4, 0.5) is 5.13 Å². The zero-order valence-corrected chi connectivity index (χ0v) is 11.9. The van der Waals surface area contributed by atoms with Crippen LogP contribution in [-0.4, -0.2) is 30.6 Å². The summed E-state index contributed by atoms with van der Waals surface area (Å²) in [5.74, 6) is -0.119. The first-order chi connectivity index (χ1) is 9.70. The highest BCUT2D eigenvalue weighted by molar-refractivity contribution is 7.22. The van der Waals surface area contributed by atoms with Gasteiger partial charge in [-0.1, -0.05) is 17.4 Å². The lowest BCUT2D eigenvalue weighted by Gasteiger charge is -2.05. The number of rotatable bonds is 7. The molecule has 0 fully saturated rings. The van der Waals surface area contributed by atoms with Crippen molar-refractivity contribution in [3.63, 3.8) is 0 Å². The zero-order chi connectivity index (χ0) is 14.4. The highest BCUT2D eigenvalue weighted by Gasteiger charge is 2.08. The smallest absolute Gasteiger partial charge is 0.251 e. The first-order valence-corrected chi connectivity index (χ1v) is 7.15. The lowest BCUT2D eigenvalue weighted by molar-refractivity contribution is 0.0918. The number of ether oxygens (including phenoxy) is 1. The SMILES string of the molecule is C=CCCOCCNC(=O)c1ccc2nc(N)sc2c1. The molecule has 2 rings (SSSR count). The van der Waals surface area contributed by atoms with Crippen molar-refractivity contribution in [2.75, 3.05) is 25.5 Å². The van der Waals surface area contributed by atoms with E-state index >= 15 is 0 Å². The highest BCUT2D eigenvalue weighted by Crippen LogP contribution is 2.24. The molecule has 0 unspecified atom stereocenters. The van der Waals surface area contributed by atoms with Crippen LogP contribution >= 0.6 is 11.3 Å². The normalized spacial score (nSPS) is 10.6. The van der Waals surface area contributed by atoms with Gasteiger partial charge in [0.15, 0.2) is 5.13 Å². The molecule has 0 saturated carbocycles. The molecule has 1 aromatic carbocycles. The number of amides is 1. The van der Waals surface area contributed by atoms with Crippen LogP contribution in [0.25, 0.3) is 10.2 Å². The van der Waals surface area contributed by atoms with Crippen molar-refractivity contribution < 1.29 is 9.53 Å². The molecule has 0 atom stereocenters. The number of nitrogen functional groups attached to an aromatic ring is 1. The van der Waals surface area contributed by atoms with Crippen LogP contribution in [0.2, 0.25) is 0 Å². The maximum atomic E-state index is 12.0. The first kappa shape index (κ1) is 14.5. The minimum absolute atomic E-state index is 0.119. The van der Waals surface area contributed by atoms with E-state index in [1.807, 2.05) is 0 Å². The van der Waals surface area contributed by atoms with Gasteiger partial charge in [0.1, 0.15) is 0 Å². The van der Waals surface area contributed by atoms with Crippen LogP contribution in [0.15, 0.2) is 30.9 Å². The summed E-state index contributed by atoms with van der Waals surface area (Å²) in [5.41, 5.74) is 7.06. The molecular weight excluding hydrogens is 274 g/mol. The second kappa shape index (κ2) is 7.02. The van der Waals surface area contributed by atoms with E-state index in [0.29, 0.717) is 30.5 Å². The van der Waals surface area contributed by atoms with Gasteiger partial charge in [0.05, 0.1) is 23.4 Å². The van der Waals surface area contributed by atoms with Crippen LogP contribution in [0.5, 0.6) is 0 Å². The molecule has 0 saturated heterocycles. The summed E-state index contributed by atoms with van der Waals surface area (Å²) in [6, 6.07) is 5.35. The van der Waals surface area contributed by atoms with Crippen LogP contribution in [0.1, 0.15) is 16.8 Å². The van der Waals surface area contributed by atoms with E-state index in [0.717, 1.165) is 16.6 Å². The number of carbonyl (C=O) groups excluding carboxylic acids is 1. The van der Waals surface area contributed by atoms with Gasteiger partial charge < -0.3 is 15.8 Å². The Hall–Kier alpha value is -1.92. The van der Waals surface area contributed by atoms with E-state index in [2.05, 4.69) is 16.9 Å². The van der Waals surface area contributed by atoms with Gasteiger partial charge in [-0.05, 0) is 24.6 Å². The predicted octanol–water partition coefficient (Wildman–Crippen LogP) is 2.20. The minimum atomic E-state index is -0.119. The molecule has 5 nitrogen and oxygen atoms in total. The third-order valence-electron chi connectivity index (χ3n) is 2.67. The van der Waals surface area contributed by atoms with E-state index < -0.39 is 0 Å². The molecule has 0 radical (unpaired) electrons. The van der Waals surface area contributed by atoms with E-state index in [9.17, 15) is 4.79 Å². The van der Waals surface area contributed by atoms with Crippen molar-refractivity contribution in [1.82, 2.24) is 10.3 Å². The van der Waals surface area contributed by atoms with E-state index in [-0.39, 0.29) is 5.91 Å². The van der Waals surface area contributed by atoms with Crippen molar-refractivity contribution in [3.8, 4) is 0 Å². The van der Waals surface area contributed by atoms with Crippen LogP contribution in [0.3, 0.4) is 0 Å². The lowest BCUT2D eigenvalue weighted by atomic mass is 10.2. The Balaban J connectivity index is 1.85. The number of hydrogen-bond acceptors (Lipinski definition) is 5. The summed E-state index contributed by atoms with van der Waals surface area (Å²) >= 11 is 1.37. The number of benzene rings is 1. The standard InChI is InChI=1S/C14H17N3O2S/c1-2-3-7-19-8-6-16-13(18)10-4-5-11-12(9-10)20-14(15)17-11/h2,4-5,9H,1,3,6-8H2,(H2,15,17)(H,16,18). The molecule has 1 amide bonds. The monoisotopic (exact) mass is 291 g/mol. The molecule has 3 N–H and O–H groups in total. The van der Waals surface area contributed by atoms with Crippen molar-refractivity contribution in [3.05, 3.63) is 36.4 Å². The second-order valence-electron chi connectivity index (χ2n) is 4.18. The molecule has 0 aliphatic rings. The summed E-state index contributed by atoms with van der Waals surface area (Å²) in [4.78, 5) is 16.1. The van der Waals surface area contributed by atoms with Gasteiger partial charge >= 0.3 is 0 Å². The molecule has 0 spiro atoms. The van der Waals surface area contributed by atoms with Gasteiger partial charge in [0.2, 0.25) is 0 Å². The molecule has 2 aromatic rings. The lowest BCUT2D eigenvalue weighted by Crippen LogP contribution is -2.27. The second-order valence-corrected chi connectivity index (χ2v) is 5.24. The summed E-state index contributed by atoms with van der Waals surface area (Å²) in [6.07, 6.45) is 2.62. The Morgan fingerprint density at radius 3 is 3.15 bits per heavy atom. The number of nitrogens with one attached hydrogen (secondary N) is 1. The van der Waals surface area contributed by atoms with Crippen molar-refractivity contribution in [1.29, 1.82) is 0 Å². The molecular formula is C14H17N3O2S. The number of hydrogen-bond donors (Lipinski definition) is 2. The largest absolute Gasteiger partial charge is 0.379 e. The quantitative estimate of drug-likeness (QED) is 0.605. The van der Waals surface area contributed by atoms with Gasteiger partial charge in [-0.15, -0.1) is 6.58 Å². The number of aromatic nitrogens is 1. The fourth-order valence-electron chi connectivity index (χ4n) is 1.69. The van der Waals surface area contributed by atoms with Gasteiger partial charge in [0.25, 0.3) is 5.91 Å². The number of thiazole rings is 1. The predicted molar refractivity (Wildman–Crippen MR) is 82.0 cm³/mol. The maximum absolute atomic E-state index is 12.0. The fraction of sp³-hybridized carbons (Fsp3) is 0.286. The molecule has 106 valence electrons. The van der Waals surface area contributed by atoms with Crippen molar-refractivity contribution in [2.45, 2.75) is 6.42 Å². The molecule has 1 heterocycles. The van der Waals surface area contributed by atoms with Crippen molar-refractivity contribution >= 4 is 32.6 Å². The Bertz CT molecular complexity index is 609. The van der Waals surface area contributed by atoms with Crippen LogP contribution in [-0.2, 0) is 4.74 Å². The van der Waals surface area contributed by atoms with Crippen LogP contribution < -0.4 is 11.1 Å². The highest BCUT2D eigenvalue weighted by atomic mass is 32.1. The van der Waals surface area contributed by atoms with E-state index in [1.165, 1.54) is 11.3 Å². The van der Waals surface area contributed by atoms with E-state index in [4.69, 9.17) is 10.5 Å². The van der Waals surface area contributed by atoms with Gasteiger partial charge in [-0.2, -0.15) is 0 Å². The van der Waals surface area contributed by atoms with Gasteiger partial charge in [-0.3, -0.25) is 4.79 Å². The minimum Gasteiger partial charge on any atom is -0.379 e. The molecule has 0 aliphatic heterocycles. The fourth-order valence-corrected chi connectivity index (χ4v) is 2.46. The van der Waals surface area contributed by atoms with Crippen LogP contribution in [0, 0.1) is 0 Å². The number of anilines is 1. The molecule has 1 aromatic heterocycles. The third-order valence-corrected chi connectivity index (χ3v) is 3.51. The molecule has 6 heteroatoms. The summed E-state index contributed by atoms with van der Waals surface area (Å²) < 4.78 is 6.24. The third kappa shape index (κ3) is 3.79. The zero-order valence-electron chi connectivity index (χ0n) is 11.1. The van der Waals surface area contributed by atoms with E-state index in [1.54, 1.807) is 24.3 Å². The first-order valence-electron chi connectivity index (χ1n) is 6.33. The molecule has 20 heavy (non-hydrogen) atoms. The number of carbonyl (C=O) groups is 1. The van der Waals surface area contributed by atoms with Crippen molar-refractivity contribution in [2.24, 2.45) is 0 Å². The Kier molecular flexibility index (Phi) is 5.09. The summed E-state index contributed by atoms with van der Waals surface area (Å²) in [6.45, 7) is 5.22. The average Bonchev–Trinajstić information content (AvgIpc) is 2.81. The number of nitrogens with zero attached hydrogens (tertiary/aromatic N) is 1. The summed E-state index contributed by atoms with van der Waals surface area (Å²) in [5, 5.41) is 3.32. The molecule has 0 bridgehead atoms. The Labute approximate surface area is 121 Å². The topological polar surface area (TPSA) is 77.2 Å². The number of nitrogens with two attached hydrogens (primary N) is 1. The van der Waals surface area contributed by atoms with Gasteiger partial charge in [0, 0.05) is 12.1 Å².